The summed E-state index contributed by atoms with van der Waals surface area (Å²) in [6.45, 7) is 6.95. The average molecular weight is 486 g/mol. The summed E-state index contributed by atoms with van der Waals surface area (Å²) in [5, 5.41) is 15.4. The van der Waals surface area contributed by atoms with Crippen molar-refractivity contribution in [3.8, 4) is 22.9 Å². The monoisotopic (exact) mass is 485 g/mol. The fraction of sp³-hybridized carbons (Fsp3) is 0.444. The van der Waals surface area contributed by atoms with Crippen LogP contribution in [0.1, 0.15) is 19.4 Å². The van der Waals surface area contributed by atoms with Gasteiger partial charge in [-0.2, -0.15) is 5.10 Å². The maximum atomic E-state index is 13.8. The quantitative estimate of drug-likeness (QED) is 0.363. The lowest BCUT2D eigenvalue weighted by Crippen LogP contribution is -2.37. The lowest BCUT2D eigenvalue weighted by Gasteiger charge is -2.25. The summed E-state index contributed by atoms with van der Waals surface area (Å²) in [4.78, 5) is 2.09. The van der Waals surface area contributed by atoms with E-state index in [0.29, 0.717) is 50.4 Å². The SMILES string of the molecule is COCCN(Cc1c(-c2ccccc2)nn(C)c1Oc1cccc(F)c1)C[C@H](O)COCC(C)C. The normalized spacial score (nSPS) is 12.5. The molecule has 1 N–H and O–H groups in total. The van der Waals surface area contributed by atoms with E-state index >= 15 is 0 Å². The van der Waals surface area contributed by atoms with Crippen molar-refractivity contribution in [2.75, 3.05) is 40.0 Å². The van der Waals surface area contributed by atoms with E-state index in [0.717, 1.165) is 16.8 Å². The van der Waals surface area contributed by atoms with Gasteiger partial charge < -0.3 is 19.3 Å². The lowest BCUT2D eigenvalue weighted by molar-refractivity contribution is 0.00329. The van der Waals surface area contributed by atoms with E-state index in [1.165, 1.54) is 12.1 Å². The third-order valence-corrected chi connectivity index (χ3v) is 5.37. The molecule has 35 heavy (non-hydrogen) atoms. The van der Waals surface area contributed by atoms with Gasteiger partial charge in [-0.25, -0.2) is 9.07 Å². The minimum atomic E-state index is -0.657. The van der Waals surface area contributed by atoms with Crippen molar-refractivity contribution in [3.63, 3.8) is 0 Å². The minimum absolute atomic E-state index is 0.257. The molecule has 1 aromatic heterocycles. The summed E-state index contributed by atoms with van der Waals surface area (Å²) in [7, 11) is 3.46. The van der Waals surface area contributed by atoms with E-state index in [2.05, 4.69) is 18.7 Å². The van der Waals surface area contributed by atoms with Crippen molar-refractivity contribution < 1.29 is 23.7 Å². The molecule has 1 heterocycles. The van der Waals surface area contributed by atoms with E-state index in [1.807, 2.05) is 30.3 Å². The first-order valence-electron chi connectivity index (χ1n) is 11.9. The Morgan fingerprint density at radius 2 is 1.86 bits per heavy atom. The molecule has 1 atom stereocenters. The predicted octanol–water partition coefficient (Wildman–Crippen LogP) is 4.50. The van der Waals surface area contributed by atoms with Gasteiger partial charge in [0.05, 0.1) is 24.9 Å². The molecule has 0 saturated heterocycles. The van der Waals surface area contributed by atoms with Crippen LogP contribution in [0, 0.1) is 11.7 Å². The van der Waals surface area contributed by atoms with Gasteiger partial charge >= 0.3 is 0 Å². The van der Waals surface area contributed by atoms with Gasteiger partial charge in [0, 0.05) is 52.0 Å². The second-order valence-corrected chi connectivity index (χ2v) is 8.99. The van der Waals surface area contributed by atoms with Crippen LogP contribution in [0.15, 0.2) is 54.6 Å². The van der Waals surface area contributed by atoms with Crippen molar-refractivity contribution in [2.24, 2.45) is 13.0 Å². The van der Waals surface area contributed by atoms with Gasteiger partial charge in [0.1, 0.15) is 17.3 Å². The summed E-state index contributed by atoms with van der Waals surface area (Å²) in [5.41, 5.74) is 2.56. The summed E-state index contributed by atoms with van der Waals surface area (Å²) in [5.74, 6) is 0.931. The number of rotatable bonds is 14. The summed E-state index contributed by atoms with van der Waals surface area (Å²) < 4.78 is 32.6. The molecule has 8 heteroatoms. The third-order valence-electron chi connectivity index (χ3n) is 5.37. The highest BCUT2D eigenvalue weighted by Crippen LogP contribution is 2.34. The molecule has 0 radical (unpaired) electrons. The van der Waals surface area contributed by atoms with E-state index in [-0.39, 0.29) is 12.4 Å². The molecule has 2 aromatic carbocycles. The van der Waals surface area contributed by atoms with Crippen LogP contribution in [0.2, 0.25) is 0 Å². The van der Waals surface area contributed by atoms with Crippen LogP contribution < -0.4 is 4.74 Å². The second kappa shape index (κ2) is 13.3. The first-order chi connectivity index (χ1) is 16.9. The largest absolute Gasteiger partial charge is 0.439 e. The Balaban J connectivity index is 1.90. The van der Waals surface area contributed by atoms with Gasteiger partial charge in [-0.15, -0.1) is 0 Å². The first-order valence-corrected chi connectivity index (χ1v) is 11.9. The number of aryl methyl sites for hydroxylation is 1. The highest BCUT2D eigenvalue weighted by atomic mass is 19.1. The second-order valence-electron chi connectivity index (χ2n) is 8.99. The average Bonchev–Trinajstić information content (AvgIpc) is 3.12. The number of halogens is 1. The first kappa shape index (κ1) is 26.8. The smallest absolute Gasteiger partial charge is 0.222 e. The van der Waals surface area contributed by atoms with Gasteiger partial charge in [-0.05, 0) is 18.1 Å². The molecule has 3 rings (SSSR count). The summed E-state index contributed by atoms with van der Waals surface area (Å²) >= 11 is 0. The number of aromatic nitrogens is 2. The zero-order valence-corrected chi connectivity index (χ0v) is 21.0. The Bertz CT molecular complexity index is 1040. The third kappa shape index (κ3) is 8.14. The zero-order chi connectivity index (χ0) is 25.2. The number of hydrogen-bond acceptors (Lipinski definition) is 6. The molecule has 0 aliphatic rings. The highest BCUT2D eigenvalue weighted by molar-refractivity contribution is 5.65. The maximum absolute atomic E-state index is 13.8. The molecule has 0 spiro atoms. The number of aliphatic hydroxyl groups is 1. The van der Waals surface area contributed by atoms with Crippen LogP contribution in [0.25, 0.3) is 11.3 Å². The molecule has 0 fully saturated rings. The van der Waals surface area contributed by atoms with E-state index in [4.69, 9.17) is 19.3 Å². The van der Waals surface area contributed by atoms with Gasteiger partial charge in [-0.1, -0.05) is 50.2 Å². The Labute approximate surface area is 207 Å². The Kier molecular flexibility index (Phi) is 10.2. The van der Waals surface area contributed by atoms with Crippen LogP contribution in [0.5, 0.6) is 11.6 Å². The van der Waals surface area contributed by atoms with Crippen molar-refractivity contribution in [2.45, 2.75) is 26.5 Å². The Morgan fingerprint density at radius 1 is 1.09 bits per heavy atom. The maximum Gasteiger partial charge on any atom is 0.222 e. The number of ether oxygens (including phenoxy) is 3. The van der Waals surface area contributed by atoms with Gasteiger partial charge in [0.2, 0.25) is 5.88 Å². The summed E-state index contributed by atoms with van der Waals surface area (Å²) in [6.07, 6.45) is -0.657. The fourth-order valence-corrected chi connectivity index (χ4v) is 3.76. The fourth-order valence-electron chi connectivity index (χ4n) is 3.76. The van der Waals surface area contributed by atoms with Crippen molar-refractivity contribution in [1.82, 2.24) is 14.7 Å². The molecule has 3 aromatic rings. The van der Waals surface area contributed by atoms with Crippen LogP contribution in [0.4, 0.5) is 4.39 Å². The number of nitrogens with zero attached hydrogens (tertiary/aromatic N) is 3. The van der Waals surface area contributed by atoms with E-state index < -0.39 is 6.10 Å². The zero-order valence-electron chi connectivity index (χ0n) is 21.0. The molecule has 0 saturated carbocycles. The number of methoxy groups -OCH3 is 1. The van der Waals surface area contributed by atoms with Crippen LogP contribution in [-0.2, 0) is 23.1 Å². The Hall–Kier alpha value is -2.78. The molecule has 0 bridgehead atoms. The number of aliphatic hydroxyl groups excluding tert-OH is 1. The molecular formula is C27H36FN3O4. The minimum Gasteiger partial charge on any atom is -0.439 e. The Morgan fingerprint density at radius 3 is 2.54 bits per heavy atom. The predicted molar refractivity (Wildman–Crippen MR) is 134 cm³/mol. The lowest BCUT2D eigenvalue weighted by atomic mass is 10.1. The van der Waals surface area contributed by atoms with Crippen LogP contribution in [0.3, 0.4) is 0 Å². The number of hydrogen-bond donors (Lipinski definition) is 1. The molecule has 0 aliphatic heterocycles. The standard InChI is InChI=1S/C27H36FN3O4/c1-20(2)18-34-19-23(32)16-31(13-14-33-4)17-25-26(21-9-6-5-7-10-21)29-30(3)27(25)35-24-12-8-11-22(28)15-24/h5-12,15,20,23,32H,13-14,16-19H2,1-4H3/t23-/m0/s1. The molecule has 7 nitrogen and oxygen atoms in total. The van der Waals surface area contributed by atoms with Gasteiger partial charge in [-0.3, -0.25) is 4.90 Å². The van der Waals surface area contributed by atoms with Crippen LogP contribution >= 0.6 is 0 Å². The van der Waals surface area contributed by atoms with E-state index in [1.54, 1.807) is 31.0 Å². The van der Waals surface area contributed by atoms with Crippen LogP contribution in [-0.4, -0.2) is 65.9 Å². The number of benzene rings is 2. The molecule has 190 valence electrons. The highest BCUT2D eigenvalue weighted by Gasteiger charge is 2.23. The van der Waals surface area contributed by atoms with Crippen molar-refractivity contribution in [3.05, 3.63) is 66.0 Å². The van der Waals surface area contributed by atoms with Gasteiger partial charge in [0.15, 0.2) is 0 Å². The van der Waals surface area contributed by atoms with Gasteiger partial charge in [0.25, 0.3) is 0 Å². The molecule has 0 unspecified atom stereocenters. The molecule has 0 aliphatic carbocycles. The molecule has 0 amide bonds. The van der Waals surface area contributed by atoms with Crippen molar-refractivity contribution in [1.29, 1.82) is 0 Å². The van der Waals surface area contributed by atoms with Crippen molar-refractivity contribution >= 4 is 0 Å². The topological polar surface area (TPSA) is 69.0 Å². The molecular weight excluding hydrogens is 449 g/mol. The van der Waals surface area contributed by atoms with E-state index in [9.17, 15) is 9.50 Å². The summed E-state index contributed by atoms with van der Waals surface area (Å²) in [6, 6.07) is 15.9.